The number of hydrogen-bond donors (Lipinski definition) is 0. The molecule has 0 nitrogen and oxygen atoms in total. The van der Waals surface area contributed by atoms with Gasteiger partial charge in [-0.25, -0.2) is 0 Å². The summed E-state index contributed by atoms with van der Waals surface area (Å²) in [5, 5.41) is 0. The van der Waals surface area contributed by atoms with Crippen molar-refractivity contribution in [2.45, 2.75) is 40.0 Å². The summed E-state index contributed by atoms with van der Waals surface area (Å²) in [7, 11) is 0. The van der Waals surface area contributed by atoms with Crippen LogP contribution in [0, 0.1) is 23.2 Å². The van der Waals surface area contributed by atoms with Gasteiger partial charge in [0.2, 0.25) is 0 Å². The van der Waals surface area contributed by atoms with Gasteiger partial charge in [-0.15, -0.1) is 0 Å². The van der Waals surface area contributed by atoms with Crippen LogP contribution in [0.2, 0.25) is 0 Å². The predicted molar refractivity (Wildman–Crippen MR) is 62.1 cm³/mol. The number of hydrogen-bond acceptors (Lipinski definition) is 0. The molecule has 2 aliphatic carbocycles. The Labute approximate surface area is 88.1 Å². The van der Waals surface area contributed by atoms with Crippen LogP contribution in [-0.4, -0.2) is 0 Å². The molecule has 1 fully saturated rings. The Morgan fingerprint density at radius 1 is 1.00 bits per heavy atom. The zero-order chi connectivity index (χ0) is 10.2. The van der Waals surface area contributed by atoms with Crippen LogP contribution in [0.1, 0.15) is 40.0 Å². The normalized spacial score (nSPS) is 36.9. The smallest absolute Gasteiger partial charge is 0.0134 e. The molecule has 0 spiro atoms. The summed E-state index contributed by atoms with van der Waals surface area (Å²) < 4.78 is 0. The highest BCUT2D eigenvalue weighted by molar-refractivity contribution is 5.17. The first kappa shape index (κ1) is 10.0. The Morgan fingerprint density at radius 2 is 1.71 bits per heavy atom. The lowest BCUT2D eigenvalue weighted by atomic mass is 9.62. The van der Waals surface area contributed by atoms with Crippen molar-refractivity contribution < 1.29 is 0 Å². The quantitative estimate of drug-likeness (QED) is 0.537. The third-order valence-electron chi connectivity index (χ3n) is 3.93. The van der Waals surface area contributed by atoms with Crippen LogP contribution in [-0.2, 0) is 0 Å². The van der Waals surface area contributed by atoms with Crippen LogP contribution in [0.25, 0.3) is 0 Å². The molecule has 0 radical (unpaired) electrons. The van der Waals surface area contributed by atoms with Gasteiger partial charge in [0.25, 0.3) is 0 Å². The van der Waals surface area contributed by atoms with Crippen molar-refractivity contribution in [1.82, 2.24) is 0 Å². The molecule has 0 aromatic rings. The van der Waals surface area contributed by atoms with E-state index in [4.69, 9.17) is 0 Å². The van der Waals surface area contributed by atoms with E-state index >= 15 is 0 Å². The van der Waals surface area contributed by atoms with Gasteiger partial charge < -0.3 is 0 Å². The summed E-state index contributed by atoms with van der Waals surface area (Å²) in [5.41, 5.74) is 0.471. The van der Waals surface area contributed by atoms with Crippen molar-refractivity contribution in [2.24, 2.45) is 23.2 Å². The molecule has 2 rings (SSSR count). The average molecular weight is 190 g/mol. The molecule has 3 unspecified atom stereocenters. The minimum absolute atomic E-state index is 0.471. The summed E-state index contributed by atoms with van der Waals surface area (Å²) in [5.74, 6) is 2.52. The average Bonchev–Trinajstić information content (AvgIpc) is 2.15. The first-order chi connectivity index (χ1) is 6.59. The van der Waals surface area contributed by atoms with Gasteiger partial charge in [-0.2, -0.15) is 0 Å². The molecule has 0 saturated heterocycles. The van der Waals surface area contributed by atoms with Crippen LogP contribution < -0.4 is 0 Å². The van der Waals surface area contributed by atoms with E-state index in [1.807, 2.05) is 0 Å². The monoisotopic (exact) mass is 190 g/mol. The van der Waals surface area contributed by atoms with E-state index in [9.17, 15) is 0 Å². The molecular weight excluding hydrogens is 168 g/mol. The fourth-order valence-corrected chi connectivity index (χ4v) is 3.17. The second kappa shape index (κ2) is 3.56. The summed E-state index contributed by atoms with van der Waals surface area (Å²) in [6, 6.07) is 0. The Morgan fingerprint density at radius 3 is 2.43 bits per heavy atom. The van der Waals surface area contributed by atoms with Crippen molar-refractivity contribution in [3.63, 3.8) is 0 Å². The highest BCUT2D eigenvalue weighted by atomic mass is 14.4. The first-order valence-electron chi connectivity index (χ1n) is 5.94. The maximum atomic E-state index is 2.44. The Kier molecular flexibility index (Phi) is 2.55. The Hall–Kier alpha value is -0.520. The van der Waals surface area contributed by atoms with Gasteiger partial charge in [0.05, 0.1) is 0 Å². The maximum Gasteiger partial charge on any atom is -0.0134 e. The van der Waals surface area contributed by atoms with Gasteiger partial charge in [0.15, 0.2) is 0 Å². The van der Waals surface area contributed by atoms with Gasteiger partial charge in [-0.05, 0) is 36.0 Å². The van der Waals surface area contributed by atoms with Crippen LogP contribution >= 0.6 is 0 Å². The second-order valence-electron chi connectivity index (χ2n) is 5.91. The van der Waals surface area contributed by atoms with Crippen LogP contribution in [0.4, 0.5) is 0 Å². The molecule has 0 aliphatic heterocycles. The zero-order valence-electron chi connectivity index (χ0n) is 9.66. The molecule has 1 saturated carbocycles. The van der Waals surface area contributed by atoms with Crippen LogP contribution in [0.15, 0.2) is 24.3 Å². The topological polar surface area (TPSA) is 0 Å². The standard InChI is InChI=1S/C14H22/c1-14(2,3)13-10-6-8-11-7-4-5-9-12(11)13/h4-5,7,9,11-13H,6,8,10H2,1-3H3. The van der Waals surface area contributed by atoms with Gasteiger partial charge in [-0.3, -0.25) is 0 Å². The lowest BCUT2D eigenvalue weighted by Crippen LogP contribution is -2.35. The van der Waals surface area contributed by atoms with Crippen LogP contribution in [0.5, 0.6) is 0 Å². The fourth-order valence-electron chi connectivity index (χ4n) is 3.17. The van der Waals surface area contributed by atoms with E-state index in [2.05, 4.69) is 45.1 Å². The molecule has 2 aliphatic rings. The van der Waals surface area contributed by atoms with Gasteiger partial charge in [0, 0.05) is 0 Å². The molecule has 3 atom stereocenters. The molecule has 0 aromatic heterocycles. The maximum absolute atomic E-state index is 2.44. The first-order valence-corrected chi connectivity index (χ1v) is 5.94. The molecule has 14 heavy (non-hydrogen) atoms. The Balaban J connectivity index is 2.18. The van der Waals surface area contributed by atoms with Crippen LogP contribution in [0.3, 0.4) is 0 Å². The van der Waals surface area contributed by atoms with E-state index in [1.54, 1.807) is 0 Å². The Bertz CT molecular complexity index is 252. The molecular formula is C14H22. The minimum Gasteiger partial charge on any atom is -0.0808 e. The molecule has 0 aromatic carbocycles. The molecule has 78 valence electrons. The van der Waals surface area contributed by atoms with Gasteiger partial charge in [-0.1, -0.05) is 51.5 Å². The van der Waals surface area contributed by atoms with Crippen molar-refractivity contribution in [2.75, 3.05) is 0 Å². The molecule has 0 heteroatoms. The SMILES string of the molecule is CC(C)(C)C1CCCC2C=CC=CC21. The molecule has 0 bridgehead atoms. The van der Waals surface area contributed by atoms with Gasteiger partial charge in [0.1, 0.15) is 0 Å². The van der Waals surface area contributed by atoms with Gasteiger partial charge >= 0.3 is 0 Å². The second-order valence-corrected chi connectivity index (χ2v) is 5.91. The summed E-state index contributed by atoms with van der Waals surface area (Å²) >= 11 is 0. The van der Waals surface area contributed by atoms with E-state index in [0.717, 1.165) is 17.8 Å². The molecule has 0 N–H and O–H groups in total. The van der Waals surface area contributed by atoms with Crippen molar-refractivity contribution in [3.8, 4) is 0 Å². The van der Waals surface area contributed by atoms with Crippen molar-refractivity contribution >= 4 is 0 Å². The highest BCUT2D eigenvalue weighted by Crippen LogP contribution is 2.46. The third-order valence-corrected chi connectivity index (χ3v) is 3.93. The van der Waals surface area contributed by atoms with Crippen molar-refractivity contribution in [3.05, 3.63) is 24.3 Å². The van der Waals surface area contributed by atoms with E-state index < -0.39 is 0 Å². The largest absolute Gasteiger partial charge is 0.0808 e. The highest BCUT2D eigenvalue weighted by Gasteiger charge is 2.37. The number of allylic oxidation sites excluding steroid dienone is 4. The number of fused-ring (bicyclic) bond motifs is 1. The lowest BCUT2D eigenvalue weighted by molar-refractivity contribution is 0.107. The summed E-state index contributed by atoms with van der Waals surface area (Å²) in [6.45, 7) is 7.19. The molecule has 0 amide bonds. The molecule has 0 heterocycles. The van der Waals surface area contributed by atoms with Crippen molar-refractivity contribution in [1.29, 1.82) is 0 Å². The van der Waals surface area contributed by atoms with E-state index in [0.29, 0.717) is 5.41 Å². The summed E-state index contributed by atoms with van der Waals surface area (Å²) in [4.78, 5) is 0. The minimum atomic E-state index is 0.471. The zero-order valence-corrected chi connectivity index (χ0v) is 9.66. The van der Waals surface area contributed by atoms with E-state index in [-0.39, 0.29) is 0 Å². The summed E-state index contributed by atoms with van der Waals surface area (Å²) in [6.07, 6.45) is 13.6. The van der Waals surface area contributed by atoms with E-state index in [1.165, 1.54) is 19.3 Å². The fraction of sp³-hybridized carbons (Fsp3) is 0.714. The third kappa shape index (κ3) is 1.80. The predicted octanol–water partition coefficient (Wildman–Crippen LogP) is 4.19. The lowest BCUT2D eigenvalue weighted by Gasteiger charge is -2.43. The number of rotatable bonds is 0.